The van der Waals surface area contributed by atoms with Gasteiger partial charge in [-0.05, 0) is 48.8 Å². The van der Waals surface area contributed by atoms with Crippen molar-refractivity contribution in [3.63, 3.8) is 0 Å². The molecule has 1 aromatic rings. The maximum atomic E-state index is 11.8. The predicted octanol–water partition coefficient (Wildman–Crippen LogP) is 3.54. The molecule has 0 bridgehead atoms. The summed E-state index contributed by atoms with van der Waals surface area (Å²) in [4.78, 5) is 15.8. The molecule has 0 unspecified atom stereocenters. The molecule has 2 saturated carbocycles. The molecule has 0 aliphatic heterocycles. The first-order valence-electron chi connectivity index (χ1n) is 7.31. The minimum absolute atomic E-state index is 0.304. The largest absolute Gasteiger partial charge is 0.481 e. The van der Waals surface area contributed by atoms with Crippen LogP contribution in [-0.4, -0.2) is 16.1 Å². The molecule has 2 fully saturated rings. The third-order valence-corrected chi connectivity index (χ3v) is 5.16. The highest BCUT2D eigenvalue weighted by molar-refractivity contribution is 5.83. The smallest absolute Gasteiger partial charge is 0.314 e. The summed E-state index contributed by atoms with van der Waals surface area (Å²) >= 11 is 0. The Hall–Kier alpha value is -1.38. The van der Waals surface area contributed by atoms with Crippen LogP contribution < -0.4 is 0 Å². The number of hydrogen-bond donors (Lipinski definition) is 1. The molecule has 1 aromatic heterocycles. The summed E-state index contributed by atoms with van der Waals surface area (Å²) in [6.45, 7) is 0. The van der Waals surface area contributed by atoms with Gasteiger partial charge in [-0.15, -0.1) is 0 Å². The zero-order chi connectivity index (χ0) is 13.3. The first kappa shape index (κ1) is 12.6. The minimum Gasteiger partial charge on any atom is -0.481 e. The summed E-state index contributed by atoms with van der Waals surface area (Å²) in [6, 6.07) is 3.75. The van der Waals surface area contributed by atoms with Gasteiger partial charge in [0.15, 0.2) is 0 Å². The second-order valence-electron chi connectivity index (χ2n) is 6.39. The zero-order valence-electron chi connectivity index (χ0n) is 11.3. The van der Waals surface area contributed by atoms with Gasteiger partial charge in [-0.3, -0.25) is 9.78 Å². The van der Waals surface area contributed by atoms with Crippen LogP contribution in [-0.2, 0) is 10.2 Å². The van der Waals surface area contributed by atoms with Gasteiger partial charge >= 0.3 is 5.97 Å². The molecule has 3 heteroatoms. The van der Waals surface area contributed by atoms with E-state index >= 15 is 0 Å². The Morgan fingerprint density at radius 1 is 1.05 bits per heavy atom. The molecule has 1 heterocycles. The lowest BCUT2D eigenvalue weighted by Crippen LogP contribution is -2.54. The molecule has 0 radical (unpaired) electrons. The van der Waals surface area contributed by atoms with Gasteiger partial charge in [0.25, 0.3) is 0 Å². The van der Waals surface area contributed by atoms with Crippen LogP contribution in [0.25, 0.3) is 0 Å². The van der Waals surface area contributed by atoms with E-state index in [0.29, 0.717) is 5.41 Å². The molecule has 1 spiro atoms. The van der Waals surface area contributed by atoms with Gasteiger partial charge in [0.1, 0.15) is 0 Å². The van der Waals surface area contributed by atoms with Crippen molar-refractivity contribution in [1.29, 1.82) is 0 Å². The van der Waals surface area contributed by atoms with E-state index in [2.05, 4.69) is 4.98 Å². The van der Waals surface area contributed by atoms with Crippen LogP contribution in [0.2, 0.25) is 0 Å². The summed E-state index contributed by atoms with van der Waals surface area (Å²) < 4.78 is 0. The molecule has 2 aliphatic carbocycles. The molecular formula is C16H21NO2. The lowest BCUT2D eigenvalue weighted by atomic mass is 9.48. The van der Waals surface area contributed by atoms with E-state index in [1.807, 2.05) is 12.1 Å². The number of pyridine rings is 1. The van der Waals surface area contributed by atoms with Crippen molar-refractivity contribution in [2.24, 2.45) is 5.41 Å². The van der Waals surface area contributed by atoms with Gasteiger partial charge in [-0.2, -0.15) is 0 Å². The van der Waals surface area contributed by atoms with Crippen LogP contribution in [0.3, 0.4) is 0 Å². The van der Waals surface area contributed by atoms with Crippen molar-refractivity contribution >= 4 is 5.97 Å². The number of carboxylic acids is 1. The maximum Gasteiger partial charge on any atom is 0.314 e. The Bertz CT molecular complexity index is 453. The lowest BCUT2D eigenvalue weighted by Gasteiger charge is -2.54. The van der Waals surface area contributed by atoms with Crippen LogP contribution in [0.1, 0.15) is 56.9 Å². The Balaban J connectivity index is 1.85. The van der Waals surface area contributed by atoms with Crippen molar-refractivity contribution in [1.82, 2.24) is 4.98 Å². The number of hydrogen-bond acceptors (Lipinski definition) is 2. The highest BCUT2D eigenvalue weighted by Crippen LogP contribution is 2.61. The van der Waals surface area contributed by atoms with Gasteiger partial charge in [-0.1, -0.05) is 25.7 Å². The van der Waals surface area contributed by atoms with Crippen molar-refractivity contribution in [3.8, 4) is 0 Å². The first-order chi connectivity index (χ1) is 9.17. The Morgan fingerprint density at radius 2 is 1.63 bits per heavy atom. The summed E-state index contributed by atoms with van der Waals surface area (Å²) in [5.41, 5.74) is 0.593. The zero-order valence-corrected chi connectivity index (χ0v) is 11.3. The molecule has 0 saturated heterocycles. The second-order valence-corrected chi connectivity index (χ2v) is 6.39. The normalized spacial score (nSPS) is 24.4. The highest BCUT2D eigenvalue weighted by atomic mass is 16.4. The second kappa shape index (κ2) is 4.62. The fourth-order valence-electron chi connectivity index (χ4n) is 4.21. The molecule has 3 rings (SSSR count). The van der Waals surface area contributed by atoms with Gasteiger partial charge in [-0.25, -0.2) is 0 Å². The molecule has 2 aliphatic rings. The third kappa shape index (κ3) is 2.05. The monoisotopic (exact) mass is 259 g/mol. The van der Waals surface area contributed by atoms with E-state index in [4.69, 9.17) is 0 Å². The third-order valence-electron chi connectivity index (χ3n) is 5.16. The van der Waals surface area contributed by atoms with Gasteiger partial charge in [0, 0.05) is 12.4 Å². The average molecular weight is 259 g/mol. The van der Waals surface area contributed by atoms with E-state index in [1.165, 1.54) is 38.5 Å². The average Bonchev–Trinajstić information content (AvgIpc) is 2.62. The summed E-state index contributed by atoms with van der Waals surface area (Å²) in [7, 11) is 0. The Labute approximate surface area is 114 Å². The van der Waals surface area contributed by atoms with Crippen molar-refractivity contribution in [2.75, 3.05) is 0 Å². The van der Waals surface area contributed by atoms with Gasteiger partial charge < -0.3 is 5.11 Å². The van der Waals surface area contributed by atoms with E-state index < -0.39 is 11.4 Å². The Morgan fingerprint density at radius 3 is 2.16 bits per heavy atom. The summed E-state index contributed by atoms with van der Waals surface area (Å²) in [6.07, 6.45) is 12.7. The molecule has 3 nitrogen and oxygen atoms in total. The van der Waals surface area contributed by atoms with Crippen molar-refractivity contribution in [3.05, 3.63) is 30.1 Å². The van der Waals surface area contributed by atoms with Gasteiger partial charge in [0.05, 0.1) is 5.41 Å². The van der Waals surface area contributed by atoms with E-state index in [-0.39, 0.29) is 0 Å². The van der Waals surface area contributed by atoms with E-state index in [0.717, 1.165) is 18.4 Å². The molecule has 1 N–H and O–H groups in total. The number of nitrogens with zero attached hydrogens (tertiary/aromatic N) is 1. The quantitative estimate of drug-likeness (QED) is 0.883. The fraction of sp³-hybridized carbons (Fsp3) is 0.625. The van der Waals surface area contributed by atoms with Crippen molar-refractivity contribution in [2.45, 2.75) is 56.8 Å². The van der Waals surface area contributed by atoms with Crippen LogP contribution in [0.15, 0.2) is 24.5 Å². The SMILES string of the molecule is O=C(O)C1(c2ccncc2)CC2(CCCCCC2)C1. The summed E-state index contributed by atoms with van der Waals surface area (Å²) in [5.74, 6) is -0.659. The fourth-order valence-corrected chi connectivity index (χ4v) is 4.21. The van der Waals surface area contributed by atoms with Crippen LogP contribution >= 0.6 is 0 Å². The highest BCUT2D eigenvalue weighted by Gasteiger charge is 2.59. The van der Waals surface area contributed by atoms with Crippen molar-refractivity contribution < 1.29 is 9.90 Å². The summed E-state index contributed by atoms with van der Waals surface area (Å²) in [5, 5.41) is 9.70. The van der Waals surface area contributed by atoms with Crippen LogP contribution in [0, 0.1) is 5.41 Å². The van der Waals surface area contributed by atoms with Crippen LogP contribution in [0.4, 0.5) is 0 Å². The number of carboxylic acid groups (broad SMARTS) is 1. The molecule has 19 heavy (non-hydrogen) atoms. The number of rotatable bonds is 2. The topological polar surface area (TPSA) is 50.2 Å². The lowest BCUT2D eigenvalue weighted by molar-refractivity contribution is -0.155. The number of carbonyl (C=O) groups is 1. The number of aliphatic carboxylic acids is 1. The van der Waals surface area contributed by atoms with E-state index in [1.54, 1.807) is 12.4 Å². The standard InChI is InChI=1S/C16H21NO2/c18-14(19)16(13-5-9-17-10-6-13)11-15(12-16)7-3-1-2-4-8-15/h5-6,9-10H,1-4,7-8,11-12H2,(H,18,19). The Kier molecular flexibility index (Phi) is 3.08. The molecule has 102 valence electrons. The molecule has 0 atom stereocenters. The molecule has 0 amide bonds. The minimum atomic E-state index is -0.659. The maximum absolute atomic E-state index is 11.8. The molecular weight excluding hydrogens is 238 g/mol. The van der Waals surface area contributed by atoms with Gasteiger partial charge in [0.2, 0.25) is 0 Å². The number of aromatic nitrogens is 1. The van der Waals surface area contributed by atoms with Crippen LogP contribution in [0.5, 0.6) is 0 Å². The molecule has 0 aromatic carbocycles. The first-order valence-corrected chi connectivity index (χ1v) is 7.31. The predicted molar refractivity (Wildman–Crippen MR) is 72.9 cm³/mol. The van der Waals surface area contributed by atoms with E-state index in [9.17, 15) is 9.90 Å².